The van der Waals surface area contributed by atoms with Crippen molar-refractivity contribution in [3.8, 4) is 5.13 Å². The highest BCUT2D eigenvalue weighted by Gasteiger charge is 2.16. The molecule has 0 saturated heterocycles. The minimum absolute atomic E-state index is 0.00365. The van der Waals surface area contributed by atoms with E-state index >= 15 is 0 Å². The molecule has 0 spiro atoms. The van der Waals surface area contributed by atoms with Crippen molar-refractivity contribution in [2.75, 3.05) is 0 Å². The Kier molecular flexibility index (Phi) is 3.47. The van der Waals surface area contributed by atoms with Crippen molar-refractivity contribution in [1.82, 2.24) is 14.8 Å². The number of hydrogen-bond donors (Lipinski definition) is 1. The van der Waals surface area contributed by atoms with Gasteiger partial charge in [0, 0.05) is 16.6 Å². The Morgan fingerprint density at radius 1 is 1.50 bits per heavy atom. The topological polar surface area (TPSA) is 68.0 Å². The van der Waals surface area contributed by atoms with Crippen LogP contribution in [-0.2, 0) is 17.6 Å². The van der Waals surface area contributed by atoms with Gasteiger partial charge in [-0.2, -0.15) is 5.10 Å². The number of carbonyl (C=O) groups is 1. The Morgan fingerprint density at radius 3 is 2.78 bits per heavy atom. The predicted molar refractivity (Wildman–Crippen MR) is 69.4 cm³/mol. The lowest BCUT2D eigenvalue weighted by Crippen LogP contribution is -2.03. The summed E-state index contributed by atoms with van der Waals surface area (Å²) in [7, 11) is 0. The zero-order valence-electron chi connectivity index (χ0n) is 10.6. The van der Waals surface area contributed by atoms with Gasteiger partial charge < -0.3 is 5.11 Å². The van der Waals surface area contributed by atoms with Crippen LogP contribution in [0.25, 0.3) is 5.13 Å². The minimum Gasteiger partial charge on any atom is -0.481 e. The van der Waals surface area contributed by atoms with Gasteiger partial charge in [-0.1, -0.05) is 6.92 Å². The summed E-state index contributed by atoms with van der Waals surface area (Å²) in [6.07, 6.45) is 0.890. The van der Waals surface area contributed by atoms with E-state index in [1.807, 2.05) is 19.2 Å². The molecule has 0 amide bonds. The summed E-state index contributed by atoms with van der Waals surface area (Å²) < 4.78 is 1.73. The van der Waals surface area contributed by atoms with Crippen molar-refractivity contribution >= 4 is 17.3 Å². The zero-order valence-corrected chi connectivity index (χ0v) is 11.4. The third kappa shape index (κ3) is 2.28. The standard InChI is InChI=1S/C12H15N3O2S/c1-4-9-6-18-12(13-9)15-8(3)10(5-11(16)17)7(2)14-15/h6H,4-5H2,1-3H3,(H,16,17). The third-order valence-electron chi connectivity index (χ3n) is 2.85. The van der Waals surface area contributed by atoms with E-state index < -0.39 is 5.97 Å². The van der Waals surface area contributed by atoms with Gasteiger partial charge >= 0.3 is 5.97 Å². The van der Waals surface area contributed by atoms with Crippen LogP contribution in [0.3, 0.4) is 0 Å². The maximum absolute atomic E-state index is 10.8. The molecule has 2 aromatic rings. The summed E-state index contributed by atoms with van der Waals surface area (Å²) in [6, 6.07) is 0. The predicted octanol–water partition coefficient (Wildman–Crippen LogP) is 2.14. The van der Waals surface area contributed by atoms with E-state index in [4.69, 9.17) is 5.11 Å². The molecule has 0 saturated carbocycles. The summed E-state index contributed by atoms with van der Waals surface area (Å²) in [5.41, 5.74) is 3.41. The number of hydrogen-bond acceptors (Lipinski definition) is 4. The fraction of sp³-hybridized carbons (Fsp3) is 0.417. The van der Waals surface area contributed by atoms with Gasteiger partial charge in [0.05, 0.1) is 17.8 Å². The molecule has 0 aromatic carbocycles. The maximum atomic E-state index is 10.8. The number of carboxylic acids is 1. The SMILES string of the molecule is CCc1csc(-n2nc(C)c(CC(=O)O)c2C)n1. The number of thiazole rings is 1. The fourth-order valence-corrected chi connectivity index (χ4v) is 2.73. The van der Waals surface area contributed by atoms with Crippen molar-refractivity contribution in [3.05, 3.63) is 28.0 Å². The molecule has 2 rings (SSSR count). The zero-order chi connectivity index (χ0) is 13.3. The molecule has 5 nitrogen and oxygen atoms in total. The van der Waals surface area contributed by atoms with Crippen LogP contribution in [0.15, 0.2) is 5.38 Å². The number of aryl methyl sites for hydroxylation is 2. The van der Waals surface area contributed by atoms with E-state index in [0.717, 1.165) is 34.2 Å². The van der Waals surface area contributed by atoms with E-state index in [-0.39, 0.29) is 6.42 Å². The van der Waals surface area contributed by atoms with Crippen LogP contribution < -0.4 is 0 Å². The summed E-state index contributed by atoms with van der Waals surface area (Å²) in [6.45, 7) is 5.76. The van der Waals surface area contributed by atoms with Gasteiger partial charge in [-0.3, -0.25) is 4.79 Å². The molecule has 0 radical (unpaired) electrons. The Hall–Kier alpha value is -1.69. The Morgan fingerprint density at radius 2 is 2.22 bits per heavy atom. The number of rotatable bonds is 4. The highest BCUT2D eigenvalue weighted by Crippen LogP contribution is 2.21. The van der Waals surface area contributed by atoms with E-state index in [9.17, 15) is 4.79 Å². The summed E-state index contributed by atoms with van der Waals surface area (Å²) in [5, 5.41) is 16.1. The molecule has 6 heteroatoms. The van der Waals surface area contributed by atoms with Crippen molar-refractivity contribution in [2.24, 2.45) is 0 Å². The van der Waals surface area contributed by atoms with Crippen molar-refractivity contribution in [3.63, 3.8) is 0 Å². The minimum atomic E-state index is -0.839. The number of carboxylic acid groups (broad SMARTS) is 1. The Bertz CT molecular complexity index is 586. The second-order valence-electron chi connectivity index (χ2n) is 4.11. The van der Waals surface area contributed by atoms with Crippen LogP contribution in [0, 0.1) is 13.8 Å². The van der Waals surface area contributed by atoms with E-state index in [0.29, 0.717) is 0 Å². The van der Waals surface area contributed by atoms with Crippen molar-refractivity contribution in [2.45, 2.75) is 33.6 Å². The van der Waals surface area contributed by atoms with Gasteiger partial charge in [0.2, 0.25) is 5.13 Å². The van der Waals surface area contributed by atoms with Crippen LogP contribution in [0.5, 0.6) is 0 Å². The van der Waals surface area contributed by atoms with Gasteiger partial charge in [0.25, 0.3) is 0 Å². The molecule has 96 valence electrons. The molecule has 0 aliphatic rings. The lowest BCUT2D eigenvalue weighted by molar-refractivity contribution is -0.136. The van der Waals surface area contributed by atoms with Crippen molar-refractivity contribution < 1.29 is 9.90 Å². The maximum Gasteiger partial charge on any atom is 0.307 e. The normalized spacial score (nSPS) is 10.8. The first-order valence-corrected chi connectivity index (χ1v) is 6.62. The van der Waals surface area contributed by atoms with Crippen LogP contribution in [-0.4, -0.2) is 25.8 Å². The van der Waals surface area contributed by atoms with E-state index in [1.165, 1.54) is 11.3 Å². The first-order valence-electron chi connectivity index (χ1n) is 5.74. The van der Waals surface area contributed by atoms with Crippen molar-refractivity contribution in [1.29, 1.82) is 0 Å². The number of nitrogens with zero attached hydrogens (tertiary/aromatic N) is 3. The molecule has 0 aliphatic heterocycles. The van der Waals surface area contributed by atoms with Gasteiger partial charge in [0.1, 0.15) is 0 Å². The van der Waals surface area contributed by atoms with Crippen LogP contribution in [0.2, 0.25) is 0 Å². The molecule has 0 unspecified atom stereocenters. The average Bonchev–Trinajstić information content (AvgIpc) is 2.88. The number of aromatic nitrogens is 3. The fourth-order valence-electron chi connectivity index (χ4n) is 1.82. The van der Waals surface area contributed by atoms with Gasteiger partial charge in [-0.25, -0.2) is 9.67 Å². The summed E-state index contributed by atoms with van der Waals surface area (Å²) >= 11 is 1.52. The molecule has 1 N–H and O–H groups in total. The molecule has 18 heavy (non-hydrogen) atoms. The lowest BCUT2D eigenvalue weighted by atomic mass is 10.1. The highest BCUT2D eigenvalue weighted by atomic mass is 32.1. The van der Waals surface area contributed by atoms with E-state index in [2.05, 4.69) is 17.0 Å². The van der Waals surface area contributed by atoms with E-state index in [1.54, 1.807) is 4.68 Å². The molecule has 0 fully saturated rings. The highest BCUT2D eigenvalue weighted by molar-refractivity contribution is 7.12. The number of aliphatic carboxylic acids is 1. The van der Waals surface area contributed by atoms with Crippen LogP contribution >= 0.6 is 11.3 Å². The molecular weight excluding hydrogens is 250 g/mol. The lowest BCUT2D eigenvalue weighted by Gasteiger charge is -2.00. The second-order valence-corrected chi connectivity index (χ2v) is 4.94. The molecule has 2 heterocycles. The largest absolute Gasteiger partial charge is 0.481 e. The van der Waals surface area contributed by atoms with Crippen LogP contribution in [0.1, 0.15) is 29.6 Å². The first-order chi connectivity index (χ1) is 8.52. The molecule has 0 bridgehead atoms. The van der Waals surface area contributed by atoms with Gasteiger partial charge in [-0.15, -0.1) is 11.3 Å². The molecule has 0 atom stereocenters. The monoisotopic (exact) mass is 265 g/mol. The first kappa shape index (κ1) is 12.8. The van der Waals surface area contributed by atoms with Crippen LogP contribution in [0.4, 0.5) is 0 Å². The van der Waals surface area contributed by atoms with Gasteiger partial charge in [-0.05, 0) is 20.3 Å². The second kappa shape index (κ2) is 4.89. The third-order valence-corrected chi connectivity index (χ3v) is 3.72. The molecule has 2 aromatic heterocycles. The van der Waals surface area contributed by atoms with Gasteiger partial charge in [0.15, 0.2) is 0 Å². The summed E-state index contributed by atoms with van der Waals surface area (Å²) in [5.74, 6) is -0.839. The summed E-state index contributed by atoms with van der Waals surface area (Å²) in [4.78, 5) is 15.3. The Balaban J connectivity index is 2.43. The quantitative estimate of drug-likeness (QED) is 0.919. The molecular formula is C12H15N3O2S. The average molecular weight is 265 g/mol. The Labute approximate surface area is 109 Å². The molecule has 0 aliphatic carbocycles. The smallest absolute Gasteiger partial charge is 0.307 e.